The zero-order valence-corrected chi connectivity index (χ0v) is 10.5. The molecule has 5 nitrogen and oxygen atoms in total. The van der Waals surface area contributed by atoms with Crippen LogP contribution in [0.3, 0.4) is 0 Å². The summed E-state index contributed by atoms with van der Waals surface area (Å²) in [6.07, 6.45) is 7.85. The van der Waals surface area contributed by atoms with E-state index in [0.29, 0.717) is 11.5 Å². The molecule has 1 aliphatic rings. The minimum Gasteiger partial charge on any atom is -0.355 e. The van der Waals surface area contributed by atoms with Gasteiger partial charge in [-0.2, -0.15) is 0 Å². The maximum Gasteiger partial charge on any atom is 0.273 e. The van der Waals surface area contributed by atoms with Gasteiger partial charge in [0.2, 0.25) is 0 Å². The smallest absolute Gasteiger partial charge is 0.273 e. The van der Waals surface area contributed by atoms with Crippen LogP contribution in [-0.2, 0) is 0 Å². The fourth-order valence-electron chi connectivity index (χ4n) is 2.36. The van der Waals surface area contributed by atoms with Gasteiger partial charge in [0, 0.05) is 30.1 Å². The minimum absolute atomic E-state index is 0.161. The molecule has 0 spiro atoms. The van der Waals surface area contributed by atoms with Gasteiger partial charge in [0.05, 0.1) is 0 Å². The van der Waals surface area contributed by atoms with Crippen molar-refractivity contribution in [1.29, 1.82) is 0 Å². The lowest BCUT2D eigenvalue weighted by Crippen LogP contribution is -2.32. The molecule has 2 aromatic heterocycles. The second kappa shape index (κ2) is 5.22. The van der Waals surface area contributed by atoms with E-state index in [4.69, 9.17) is 4.52 Å². The molecule has 98 valence electrons. The largest absolute Gasteiger partial charge is 0.355 e. The van der Waals surface area contributed by atoms with Crippen molar-refractivity contribution in [3.63, 3.8) is 0 Å². The number of rotatable bonds is 3. The number of hydrogen-bond acceptors (Lipinski definition) is 4. The van der Waals surface area contributed by atoms with Gasteiger partial charge in [0.25, 0.3) is 5.91 Å². The molecule has 0 unspecified atom stereocenters. The van der Waals surface area contributed by atoms with Crippen LogP contribution >= 0.6 is 0 Å². The highest BCUT2D eigenvalue weighted by Crippen LogP contribution is 2.20. The highest BCUT2D eigenvalue weighted by atomic mass is 16.5. The molecule has 0 aliphatic heterocycles. The summed E-state index contributed by atoms with van der Waals surface area (Å²) in [4.78, 5) is 16.0. The Kier molecular flexibility index (Phi) is 3.27. The molecule has 2 aromatic rings. The topological polar surface area (TPSA) is 68.0 Å². The number of hydrogen-bond donors (Lipinski definition) is 1. The number of amides is 1. The normalized spacial score (nSPS) is 15.6. The summed E-state index contributed by atoms with van der Waals surface area (Å²) in [7, 11) is 0. The van der Waals surface area contributed by atoms with Gasteiger partial charge in [-0.1, -0.05) is 18.0 Å². The molecule has 1 aliphatic carbocycles. The number of nitrogens with one attached hydrogen (secondary N) is 1. The first-order valence-corrected chi connectivity index (χ1v) is 6.51. The maximum atomic E-state index is 12.0. The molecule has 0 radical (unpaired) electrons. The standard InChI is InChI=1S/C14H15N3O2/c18-14(16-11-5-1-2-6-11)12-8-13(19-17-12)10-4-3-7-15-9-10/h3-4,7-9,11H,1-2,5-6H2,(H,16,18). The summed E-state index contributed by atoms with van der Waals surface area (Å²) in [6.45, 7) is 0. The van der Waals surface area contributed by atoms with Crippen LogP contribution in [0.1, 0.15) is 36.2 Å². The monoisotopic (exact) mass is 257 g/mol. The van der Waals surface area contributed by atoms with Gasteiger partial charge < -0.3 is 9.84 Å². The van der Waals surface area contributed by atoms with Crippen LogP contribution in [0.5, 0.6) is 0 Å². The Labute approximate surface area is 111 Å². The molecule has 1 amide bonds. The van der Waals surface area contributed by atoms with Crippen molar-refractivity contribution in [3.05, 3.63) is 36.3 Å². The molecule has 1 saturated carbocycles. The Balaban J connectivity index is 1.72. The quantitative estimate of drug-likeness (QED) is 0.916. The van der Waals surface area contributed by atoms with Crippen molar-refractivity contribution in [2.45, 2.75) is 31.7 Å². The van der Waals surface area contributed by atoms with E-state index in [2.05, 4.69) is 15.5 Å². The third-order valence-electron chi connectivity index (χ3n) is 3.38. The Morgan fingerprint density at radius 2 is 2.21 bits per heavy atom. The lowest BCUT2D eigenvalue weighted by atomic mass is 10.2. The van der Waals surface area contributed by atoms with Gasteiger partial charge in [-0.25, -0.2) is 0 Å². The summed E-state index contributed by atoms with van der Waals surface area (Å²) in [5, 5.41) is 6.80. The lowest BCUT2D eigenvalue weighted by molar-refractivity contribution is 0.0929. The zero-order valence-electron chi connectivity index (χ0n) is 10.5. The fraction of sp³-hybridized carbons (Fsp3) is 0.357. The highest BCUT2D eigenvalue weighted by molar-refractivity contribution is 5.93. The third kappa shape index (κ3) is 2.65. The third-order valence-corrected chi connectivity index (χ3v) is 3.38. The van der Waals surface area contributed by atoms with Gasteiger partial charge in [0.1, 0.15) is 0 Å². The van der Waals surface area contributed by atoms with E-state index in [9.17, 15) is 4.79 Å². The van der Waals surface area contributed by atoms with Gasteiger partial charge in [-0.3, -0.25) is 9.78 Å². The molecule has 19 heavy (non-hydrogen) atoms. The van der Waals surface area contributed by atoms with E-state index >= 15 is 0 Å². The molecule has 2 heterocycles. The molecular formula is C14H15N3O2. The molecule has 1 fully saturated rings. The van der Waals surface area contributed by atoms with Crippen LogP contribution in [0.4, 0.5) is 0 Å². The van der Waals surface area contributed by atoms with Crippen molar-refractivity contribution in [2.24, 2.45) is 0 Å². The van der Waals surface area contributed by atoms with Crippen molar-refractivity contribution in [2.75, 3.05) is 0 Å². The summed E-state index contributed by atoms with van der Waals surface area (Å²) < 4.78 is 5.19. The summed E-state index contributed by atoms with van der Waals surface area (Å²) in [6, 6.07) is 5.62. The maximum absolute atomic E-state index is 12.0. The summed E-state index contributed by atoms with van der Waals surface area (Å²) in [5.74, 6) is 0.399. The number of carbonyl (C=O) groups is 1. The van der Waals surface area contributed by atoms with Gasteiger partial charge in [0.15, 0.2) is 11.5 Å². The SMILES string of the molecule is O=C(NC1CCCC1)c1cc(-c2cccnc2)on1. The van der Waals surface area contributed by atoms with Crippen LogP contribution < -0.4 is 5.32 Å². The predicted molar refractivity (Wildman–Crippen MR) is 69.5 cm³/mol. The van der Waals surface area contributed by atoms with Crippen molar-refractivity contribution in [3.8, 4) is 11.3 Å². The van der Waals surface area contributed by atoms with Crippen molar-refractivity contribution < 1.29 is 9.32 Å². The predicted octanol–water partition coefficient (Wildman–Crippen LogP) is 2.41. The van der Waals surface area contributed by atoms with Crippen molar-refractivity contribution in [1.82, 2.24) is 15.5 Å². The van der Waals surface area contributed by atoms with Crippen LogP contribution in [0.2, 0.25) is 0 Å². The van der Waals surface area contributed by atoms with Crippen LogP contribution in [-0.4, -0.2) is 22.1 Å². The molecular weight excluding hydrogens is 242 g/mol. The van der Waals surface area contributed by atoms with Crippen molar-refractivity contribution >= 4 is 5.91 Å². The van der Waals surface area contributed by atoms with E-state index in [0.717, 1.165) is 18.4 Å². The van der Waals surface area contributed by atoms with Crippen LogP contribution in [0, 0.1) is 0 Å². The van der Waals surface area contributed by atoms with E-state index in [1.54, 1.807) is 18.5 Å². The van der Waals surface area contributed by atoms with E-state index < -0.39 is 0 Å². The number of aromatic nitrogens is 2. The number of pyridine rings is 1. The Hall–Kier alpha value is -2.17. The summed E-state index contributed by atoms with van der Waals surface area (Å²) >= 11 is 0. The number of carbonyl (C=O) groups excluding carboxylic acids is 1. The lowest BCUT2D eigenvalue weighted by Gasteiger charge is -2.09. The summed E-state index contributed by atoms with van der Waals surface area (Å²) in [5.41, 5.74) is 1.14. The van der Waals surface area contributed by atoms with E-state index in [1.807, 2.05) is 12.1 Å². The molecule has 0 aromatic carbocycles. The number of nitrogens with zero attached hydrogens (tertiary/aromatic N) is 2. The molecule has 0 saturated heterocycles. The second-order valence-electron chi connectivity index (χ2n) is 4.77. The van der Waals surface area contributed by atoms with Gasteiger partial charge in [-0.15, -0.1) is 0 Å². The minimum atomic E-state index is -0.161. The average Bonchev–Trinajstić information content (AvgIpc) is 3.10. The average molecular weight is 257 g/mol. The zero-order chi connectivity index (χ0) is 13.1. The first-order valence-electron chi connectivity index (χ1n) is 6.51. The van der Waals surface area contributed by atoms with Gasteiger partial charge >= 0.3 is 0 Å². The van der Waals surface area contributed by atoms with E-state index in [-0.39, 0.29) is 11.9 Å². The first kappa shape index (κ1) is 11.9. The Morgan fingerprint density at radius 1 is 1.37 bits per heavy atom. The van der Waals surface area contributed by atoms with E-state index in [1.165, 1.54) is 12.8 Å². The Bertz CT molecular complexity index is 559. The molecule has 1 N–H and O–H groups in total. The van der Waals surface area contributed by atoms with Crippen LogP contribution in [0.25, 0.3) is 11.3 Å². The molecule has 3 rings (SSSR count). The molecule has 0 bridgehead atoms. The highest BCUT2D eigenvalue weighted by Gasteiger charge is 2.20. The first-order chi connectivity index (χ1) is 9.33. The molecule has 0 atom stereocenters. The Morgan fingerprint density at radius 3 is 2.95 bits per heavy atom. The van der Waals surface area contributed by atoms with Gasteiger partial charge in [-0.05, 0) is 25.0 Å². The fourth-order valence-corrected chi connectivity index (χ4v) is 2.36. The van der Waals surface area contributed by atoms with Crippen LogP contribution in [0.15, 0.2) is 35.1 Å². The molecule has 5 heteroatoms. The second-order valence-corrected chi connectivity index (χ2v) is 4.77.